The Morgan fingerprint density at radius 3 is 2.94 bits per heavy atom. The first kappa shape index (κ1) is 13.4. The minimum absolute atomic E-state index is 0.109. The summed E-state index contributed by atoms with van der Waals surface area (Å²) in [5, 5.41) is 15.8. The van der Waals surface area contributed by atoms with Crippen molar-refractivity contribution in [1.82, 2.24) is 25.5 Å². The zero-order valence-electron chi connectivity index (χ0n) is 11.5. The molecule has 1 N–H and O–H groups in total. The van der Waals surface area contributed by atoms with E-state index in [2.05, 4.69) is 34.6 Å². The molecule has 0 amide bonds. The standard InChI is InChI=1S/C12H23N5O/c1-4-6-13-9-12(5-7-18-10(12)2)8-11-14-16-17(3)15-11/h10,13H,4-9H2,1-3H3. The van der Waals surface area contributed by atoms with Crippen LogP contribution in [0.5, 0.6) is 0 Å². The zero-order valence-corrected chi connectivity index (χ0v) is 11.5. The second-order valence-corrected chi connectivity index (χ2v) is 5.17. The van der Waals surface area contributed by atoms with Crippen LogP contribution in [0.25, 0.3) is 0 Å². The summed E-state index contributed by atoms with van der Waals surface area (Å²) in [6.45, 7) is 7.16. The highest BCUT2D eigenvalue weighted by molar-refractivity contribution is 4.98. The Kier molecular flexibility index (Phi) is 4.29. The molecule has 0 aromatic carbocycles. The van der Waals surface area contributed by atoms with E-state index in [4.69, 9.17) is 4.74 Å². The van der Waals surface area contributed by atoms with Gasteiger partial charge in [-0.3, -0.25) is 0 Å². The van der Waals surface area contributed by atoms with E-state index in [1.807, 2.05) is 0 Å². The SMILES string of the molecule is CCCNCC1(Cc2nnn(C)n2)CCOC1C. The van der Waals surface area contributed by atoms with Crippen molar-refractivity contribution in [3.8, 4) is 0 Å². The molecular formula is C12H23N5O. The highest BCUT2D eigenvalue weighted by Gasteiger charge is 2.42. The van der Waals surface area contributed by atoms with Gasteiger partial charge in [0.15, 0.2) is 5.82 Å². The molecule has 2 atom stereocenters. The molecule has 0 bridgehead atoms. The molecule has 0 saturated carbocycles. The normalized spacial score (nSPS) is 27.8. The third-order valence-electron chi connectivity index (χ3n) is 3.79. The molecule has 6 nitrogen and oxygen atoms in total. The molecule has 2 heterocycles. The van der Waals surface area contributed by atoms with Gasteiger partial charge in [0.25, 0.3) is 0 Å². The van der Waals surface area contributed by atoms with Gasteiger partial charge in [0.1, 0.15) is 0 Å². The molecule has 1 fully saturated rings. The van der Waals surface area contributed by atoms with Crippen molar-refractivity contribution in [2.45, 2.75) is 39.2 Å². The van der Waals surface area contributed by atoms with Crippen molar-refractivity contribution < 1.29 is 4.74 Å². The highest BCUT2D eigenvalue weighted by atomic mass is 16.5. The smallest absolute Gasteiger partial charge is 0.175 e. The van der Waals surface area contributed by atoms with Gasteiger partial charge in [0.05, 0.1) is 13.2 Å². The number of aromatic nitrogens is 4. The van der Waals surface area contributed by atoms with Crippen molar-refractivity contribution >= 4 is 0 Å². The largest absolute Gasteiger partial charge is 0.378 e. The number of hydrogen-bond donors (Lipinski definition) is 1. The van der Waals surface area contributed by atoms with Crippen molar-refractivity contribution in [2.75, 3.05) is 19.7 Å². The maximum absolute atomic E-state index is 5.76. The number of tetrazole rings is 1. The van der Waals surface area contributed by atoms with E-state index in [0.717, 1.165) is 44.8 Å². The molecule has 0 aliphatic carbocycles. The summed E-state index contributed by atoms with van der Waals surface area (Å²) in [7, 11) is 1.80. The van der Waals surface area contributed by atoms with Crippen molar-refractivity contribution in [2.24, 2.45) is 12.5 Å². The van der Waals surface area contributed by atoms with Crippen molar-refractivity contribution in [1.29, 1.82) is 0 Å². The highest BCUT2D eigenvalue weighted by Crippen LogP contribution is 2.36. The number of rotatable bonds is 6. The minimum Gasteiger partial charge on any atom is -0.378 e. The molecule has 2 rings (SSSR count). The molecule has 1 aromatic heterocycles. The Morgan fingerprint density at radius 2 is 2.39 bits per heavy atom. The molecule has 1 aromatic rings. The van der Waals surface area contributed by atoms with E-state index < -0.39 is 0 Å². The lowest BCUT2D eigenvalue weighted by molar-refractivity contribution is 0.0621. The number of nitrogens with one attached hydrogen (secondary N) is 1. The van der Waals surface area contributed by atoms with Gasteiger partial charge in [-0.05, 0) is 31.5 Å². The molecule has 1 aliphatic rings. The number of ether oxygens (including phenoxy) is 1. The van der Waals surface area contributed by atoms with E-state index in [0.29, 0.717) is 0 Å². The summed E-state index contributed by atoms with van der Waals surface area (Å²) in [6.07, 6.45) is 3.28. The van der Waals surface area contributed by atoms with Crippen LogP contribution in [-0.4, -0.2) is 46.0 Å². The Hall–Kier alpha value is -1.01. The van der Waals surface area contributed by atoms with Crippen LogP contribution < -0.4 is 5.32 Å². The second kappa shape index (κ2) is 5.75. The van der Waals surface area contributed by atoms with Crippen LogP contribution in [0.4, 0.5) is 0 Å². The zero-order chi connectivity index (χ0) is 13.0. The van der Waals surface area contributed by atoms with Crippen LogP contribution in [-0.2, 0) is 18.2 Å². The quantitative estimate of drug-likeness (QED) is 0.750. The van der Waals surface area contributed by atoms with Gasteiger partial charge in [-0.25, -0.2) is 0 Å². The molecule has 2 unspecified atom stereocenters. The van der Waals surface area contributed by atoms with Crippen molar-refractivity contribution in [3.63, 3.8) is 0 Å². The van der Waals surface area contributed by atoms with Gasteiger partial charge in [0, 0.05) is 25.0 Å². The first-order valence-corrected chi connectivity index (χ1v) is 6.71. The number of aryl methyl sites for hydroxylation is 1. The van der Waals surface area contributed by atoms with Crippen LogP contribution in [0.2, 0.25) is 0 Å². The van der Waals surface area contributed by atoms with Gasteiger partial charge >= 0.3 is 0 Å². The molecule has 6 heteroatoms. The fourth-order valence-corrected chi connectivity index (χ4v) is 2.57. The van der Waals surface area contributed by atoms with E-state index in [9.17, 15) is 0 Å². The average molecular weight is 253 g/mol. The number of hydrogen-bond acceptors (Lipinski definition) is 5. The lowest BCUT2D eigenvalue weighted by Crippen LogP contribution is -2.41. The average Bonchev–Trinajstić information content (AvgIpc) is 2.88. The summed E-state index contributed by atoms with van der Waals surface area (Å²) in [6, 6.07) is 0. The summed E-state index contributed by atoms with van der Waals surface area (Å²) in [5.74, 6) is 0.813. The molecule has 18 heavy (non-hydrogen) atoms. The lowest BCUT2D eigenvalue weighted by Gasteiger charge is -2.31. The van der Waals surface area contributed by atoms with Crippen LogP contribution >= 0.6 is 0 Å². The summed E-state index contributed by atoms with van der Waals surface area (Å²) < 4.78 is 5.76. The van der Waals surface area contributed by atoms with E-state index in [1.165, 1.54) is 4.80 Å². The predicted octanol–water partition coefficient (Wildman–Crippen LogP) is 0.547. The van der Waals surface area contributed by atoms with E-state index in [-0.39, 0.29) is 11.5 Å². The first-order chi connectivity index (χ1) is 8.66. The van der Waals surface area contributed by atoms with Crippen molar-refractivity contribution in [3.05, 3.63) is 5.82 Å². The summed E-state index contributed by atoms with van der Waals surface area (Å²) in [5.41, 5.74) is 0.109. The molecule has 102 valence electrons. The second-order valence-electron chi connectivity index (χ2n) is 5.17. The maximum atomic E-state index is 5.76. The van der Waals surface area contributed by atoms with Gasteiger partial charge in [-0.15, -0.1) is 10.2 Å². The van der Waals surface area contributed by atoms with E-state index in [1.54, 1.807) is 7.05 Å². The topological polar surface area (TPSA) is 64.9 Å². The van der Waals surface area contributed by atoms with Gasteiger partial charge in [-0.1, -0.05) is 6.92 Å². The number of nitrogens with zero attached hydrogens (tertiary/aromatic N) is 4. The van der Waals surface area contributed by atoms with E-state index >= 15 is 0 Å². The molecular weight excluding hydrogens is 230 g/mol. The predicted molar refractivity (Wildman–Crippen MR) is 68.1 cm³/mol. The van der Waals surface area contributed by atoms with Crippen LogP contribution in [0.1, 0.15) is 32.5 Å². The fraction of sp³-hybridized carbons (Fsp3) is 0.917. The Bertz CT molecular complexity index is 380. The van der Waals surface area contributed by atoms with Gasteiger partial charge in [-0.2, -0.15) is 4.80 Å². The first-order valence-electron chi connectivity index (χ1n) is 6.71. The van der Waals surface area contributed by atoms with Gasteiger partial charge < -0.3 is 10.1 Å². The lowest BCUT2D eigenvalue weighted by atomic mass is 9.78. The fourth-order valence-electron chi connectivity index (χ4n) is 2.57. The monoisotopic (exact) mass is 253 g/mol. The molecule has 1 saturated heterocycles. The molecule has 0 radical (unpaired) electrons. The molecule has 1 aliphatic heterocycles. The van der Waals surface area contributed by atoms with Crippen LogP contribution in [0, 0.1) is 5.41 Å². The maximum Gasteiger partial charge on any atom is 0.175 e. The van der Waals surface area contributed by atoms with Crippen LogP contribution in [0.15, 0.2) is 0 Å². The van der Waals surface area contributed by atoms with Crippen LogP contribution in [0.3, 0.4) is 0 Å². The van der Waals surface area contributed by atoms with Gasteiger partial charge in [0.2, 0.25) is 0 Å². The Balaban J connectivity index is 2.04. The minimum atomic E-state index is 0.109. The summed E-state index contributed by atoms with van der Waals surface area (Å²) in [4.78, 5) is 1.52. The summed E-state index contributed by atoms with van der Waals surface area (Å²) >= 11 is 0. The molecule has 0 spiro atoms. The Morgan fingerprint density at radius 1 is 1.56 bits per heavy atom. The third-order valence-corrected chi connectivity index (χ3v) is 3.79. The third kappa shape index (κ3) is 2.87. The Labute approximate surface area is 108 Å².